The molecule has 0 amide bonds. The standard InChI is InChI=1S/C13H18FN3O2.ClH/c1-15-12-3-2-6-16(9-12)8-10-7-11(14)4-5-13(10)17(18)19;/h4-5,7,12,15H,2-3,6,8-9H2,1H3;1H. The molecule has 5 nitrogen and oxygen atoms in total. The number of hydrogen-bond acceptors (Lipinski definition) is 4. The Labute approximate surface area is 123 Å². The third kappa shape index (κ3) is 4.13. The summed E-state index contributed by atoms with van der Waals surface area (Å²) >= 11 is 0. The summed E-state index contributed by atoms with van der Waals surface area (Å²) in [5.74, 6) is -0.428. The fraction of sp³-hybridized carbons (Fsp3) is 0.538. The van der Waals surface area contributed by atoms with Crippen LogP contribution in [0, 0.1) is 15.9 Å². The monoisotopic (exact) mass is 303 g/mol. The summed E-state index contributed by atoms with van der Waals surface area (Å²) < 4.78 is 13.3. The Morgan fingerprint density at radius 1 is 1.55 bits per heavy atom. The van der Waals surface area contributed by atoms with Gasteiger partial charge in [-0.25, -0.2) is 4.39 Å². The van der Waals surface area contributed by atoms with Gasteiger partial charge in [-0.15, -0.1) is 12.4 Å². The summed E-state index contributed by atoms with van der Waals surface area (Å²) in [6, 6.07) is 4.04. The Bertz CT molecular complexity index is 473. The maximum absolute atomic E-state index is 13.3. The molecule has 1 aromatic rings. The van der Waals surface area contributed by atoms with Gasteiger partial charge in [0.25, 0.3) is 5.69 Å². The maximum Gasteiger partial charge on any atom is 0.274 e. The number of nitro groups is 1. The minimum atomic E-state index is -0.450. The highest BCUT2D eigenvalue weighted by atomic mass is 35.5. The number of halogens is 2. The highest BCUT2D eigenvalue weighted by Gasteiger charge is 2.22. The van der Waals surface area contributed by atoms with E-state index in [0.29, 0.717) is 18.2 Å². The number of piperidine rings is 1. The first-order chi connectivity index (χ1) is 9.10. The van der Waals surface area contributed by atoms with Gasteiger partial charge in [-0.2, -0.15) is 0 Å². The van der Waals surface area contributed by atoms with Crippen molar-refractivity contribution < 1.29 is 9.31 Å². The second-order valence-electron chi connectivity index (χ2n) is 4.89. The molecule has 0 radical (unpaired) electrons. The lowest BCUT2D eigenvalue weighted by molar-refractivity contribution is -0.385. The van der Waals surface area contributed by atoms with Gasteiger partial charge < -0.3 is 5.32 Å². The third-order valence-electron chi connectivity index (χ3n) is 3.55. The van der Waals surface area contributed by atoms with Crippen LogP contribution in [0.4, 0.5) is 10.1 Å². The van der Waals surface area contributed by atoms with E-state index in [1.807, 2.05) is 7.05 Å². The summed E-state index contributed by atoms with van der Waals surface area (Å²) in [5.41, 5.74) is 0.440. The molecule has 0 saturated carbocycles. The molecule has 1 aliphatic heterocycles. The van der Waals surface area contributed by atoms with Crippen LogP contribution in [0.5, 0.6) is 0 Å². The van der Waals surface area contributed by atoms with Crippen molar-refractivity contribution in [3.63, 3.8) is 0 Å². The number of nitro benzene ring substituents is 1. The molecular weight excluding hydrogens is 285 g/mol. The van der Waals surface area contributed by atoms with Gasteiger partial charge in [-0.1, -0.05) is 0 Å². The molecule has 1 heterocycles. The molecule has 1 aromatic carbocycles. The summed E-state index contributed by atoms with van der Waals surface area (Å²) in [5, 5.41) is 14.2. The first-order valence-corrected chi connectivity index (χ1v) is 6.42. The average molecular weight is 304 g/mol. The molecule has 112 valence electrons. The predicted molar refractivity (Wildman–Crippen MR) is 77.7 cm³/mol. The van der Waals surface area contributed by atoms with Gasteiger partial charge in [0.15, 0.2) is 0 Å². The molecule has 7 heteroatoms. The van der Waals surface area contributed by atoms with Crippen molar-refractivity contribution in [2.24, 2.45) is 0 Å². The van der Waals surface area contributed by atoms with Crippen LogP contribution in [0.25, 0.3) is 0 Å². The molecule has 1 saturated heterocycles. The molecule has 1 fully saturated rings. The number of likely N-dealkylation sites (tertiary alicyclic amines) is 1. The lowest BCUT2D eigenvalue weighted by Crippen LogP contribution is -2.43. The van der Waals surface area contributed by atoms with E-state index in [1.54, 1.807) is 0 Å². The Balaban J connectivity index is 0.00000200. The van der Waals surface area contributed by atoms with E-state index in [-0.39, 0.29) is 18.1 Å². The van der Waals surface area contributed by atoms with Gasteiger partial charge in [0.2, 0.25) is 0 Å². The third-order valence-corrected chi connectivity index (χ3v) is 3.55. The lowest BCUT2D eigenvalue weighted by atomic mass is 10.0. The van der Waals surface area contributed by atoms with Gasteiger partial charge in [0, 0.05) is 30.8 Å². The summed E-state index contributed by atoms with van der Waals surface area (Å²) in [6.07, 6.45) is 2.16. The minimum Gasteiger partial charge on any atom is -0.316 e. The normalized spacial score (nSPS) is 19.4. The lowest BCUT2D eigenvalue weighted by Gasteiger charge is -2.32. The largest absolute Gasteiger partial charge is 0.316 e. The van der Waals surface area contributed by atoms with Crippen molar-refractivity contribution in [1.82, 2.24) is 10.2 Å². The van der Waals surface area contributed by atoms with Crippen LogP contribution in [0.15, 0.2) is 18.2 Å². The number of nitrogens with zero attached hydrogens (tertiary/aromatic N) is 2. The fourth-order valence-corrected chi connectivity index (χ4v) is 2.53. The topological polar surface area (TPSA) is 58.4 Å². The number of nitrogens with one attached hydrogen (secondary N) is 1. The molecule has 20 heavy (non-hydrogen) atoms. The Kier molecular flexibility index (Phi) is 6.32. The van der Waals surface area contributed by atoms with E-state index < -0.39 is 10.7 Å². The van der Waals surface area contributed by atoms with E-state index in [2.05, 4.69) is 10.2 Å². The maximum atomic E-state index is 13.3. The molecule has 0 bridgehead atoms. The molecule has 1 aliphatic rings. The summed E-state index contributed by atoms with van der Waals surface area (Å²) in [6.45, 7) is 2.16. The second kappa shape index (κ2) is 7.52. The Hall–Kier alpha value is -1.24. The van der Waals surface area contributed by atoms with Gasteiger partial charge in [-0.3, -0.25) is 15.0 Å². The summed E-state index contributed by atoms with van der Waals surface area (Å²) in [4.78, 5) is 12.6. The molecule has 0 aliphatic carbocycles. The zero-order chi connectivity index (χ0) is 13.8. The number of benzene rings is 1. The summed E-state index contributed by atoms with van der Waals surface area (Å²) in [7, 11) is 1.92. The van der Waals surface area contributed by atoms with Crippen molar-refractivity contribution in [3.05, 3.63) is 39.7 Å². The predicted octanol–water partition coefficient (Wildman–Crippen LogP) is 2.34. The van der Waals surface area contributed by atoms with E-state index in [4.69, 9.17) is 0 Å². The molecule has 0 aromatic heterocycles. The molecule has 1 unspecified atom stereocenters. The quantitative estimate of drug-likeness (QED) is 0.685. The zero-order valence-electron chi connectivity index (χ0n) is 11.3. The van der Waals surface area contributed by atoms with Crippen LogP contribution in [0.1, 0.15) is 18.4 Å². The van der Waals surface area contributed by atoms with Gasteiger partial charge >= 0.3 is 0 Å². The Morgan fingerprint density at radius 2 is 2.30 bits per heavy atom. The zero-order valence-corrected chi connectivity index (χ0v) is 12.2. The Morgan fingerprint density at radius 3 is 2.95 bits per heavy atom. The van der Waals surface area contributed by atoms with Crippen molar-refractivity contribution >= 4 is 18.1 Å². The van der Waals surface area contributed by atoms with Crippen LogP contribution in [0.3, 0.4) is 0 Å². The molecular formula is C13H19ClFN3O2. The van der Waals surface area contributed by atoms with E-state index in [0.717, 1.165) is 32.0 Å². The molecule has 0 spiro atoms. The average Bonchev–Trinajstić information content (AvgIpc) is 2.38. The smallest absolute Gasteiger partial charge is 0.274 e. The highest BCUT2D eigenvalue weighted by Crippen LogP contribution is 2.22. The van der Waals surface area contributed by atoms with Crippen LogP contribution in [0.2, 0.25) is 0 Å². The van der Waals surface area contributed by atoms with Crippen molar-refractivity contribution in [2.75, 3.05) is 20.1 Å². The second-order valence-corrected chi connectivity index (χ2v) is 4.89. The van der Waals surface area contributed by atoms with E-state index in [1.165, 1.54) is 12.1 Å². The van der Waals surface area contributed by atoms with Gasteiger partial charge in [0.05, 0.1) is 4.92 Å². The van der Waals surface area contributed by atoms with Crippen LogP contribution >= 0.6 is 12.4 Å². The molecule has 1 N–H and O–H groups in total. The fourth-order valence-electron chi connectivity index (χ4n) is 2.53. The van der Waals surface area contributed by atoms with Crippen LogP contribution < -0.4 is 5.32 Å². The van der Waals surface area contributed by atoms with Crippen LogP contribution in [-0.4, -0.2) is 36.0 Å². The van der Waals surface area contributed by atoms with Crippen molar-refractivity contribution in [2.45, 2.75) is 25.4 Å². The van der Waals surface area contributed by atoms with Gasteiger partial charge in [0.1, 0.15) is 5.82 Å². The number of rotatable bonds is 4. The van der Waals surface area contributed by atoms with E-state index in [9.17, 15) is 14.5 Å². The SMILES string of the molecule is CNC1CCCN(Cc2cc(F)ccc2[N+](=O)[O-])C1.Cl. The van der Waals surface area contributed by atoms with Crippen molar-refractivity contribution in [3.8, 4) is 0 Å². The van der Waals surface area contributed by atoms with Gasteiger partial charge in [-0.05, 0) is 38.6 Å². The minimum absolute atomic E-state index is 0. The number of likely N-dealkylation sites (N-methyl/N-ethyl adjacent to an activating group) is 1. The molecule has 2 rings (SSSR count). The first-order valence-electron chi connectivity index (χ1n) is 6.42. The van der Waals surface area contributed by atoms with E-state index >= 15 is 0 Å². The first kappa shape index (κ1) is 16.8. The number of hydrogen-bond donors (Lipinski definition) is 1. The highest BCUT2D eigenvalue weighted by molar-refractivity contribution is 5.85. The van der Waals surface area contributed by atoms with Crippen molar-refractivity contribution in [1.29, 1.82) is 0 Å². The molecule has 1 atom stereocenters. The van der Waals surface area contributed by atoms with Crippen LogP contribution in [-0.2, 0) is 6.54 Å².